The molecule has 2 amide bonds. The molecule has 3 fully saturated rings. The van der Waals surface area contributed by atoms with Gasteiger partial charge < -0.3 is 10.6 Å². The summed E-state index contributed by atoms with van der Waals surface area (Å²) in [5.74, 6) is 0.341. The van der Waals surface area contributed by atoms with Crippen LogP contribution in [0, 0.1) is 17.3 Å². The summed E-state index contributed by atoms with van der Waals surface area (Å²) in [6.07, 6.45) is 3.42. The van der Waals surface area contributed by atoms with E-state index < -0.39 is 17.9 Å². The Hall–Kier alpha value is -2.18. The van der Waals surface area contributed by atoms with Crippen molar-refractivity contribution in [2.75, 3.05) is 0 Å². The van der Waals surface area contributed by atoms with Crippen molar-refractivity contribution in [3.63, 3.8) is 0 Å². The summed E-state index contributed by atoms with van der Waals surface area (Å²) in [5.41, 5.74) is 1.31. The molecule has 130 valence electrons. The Labute approximate surface area is 141 Å². The molecule has 1 aromatic heterocycles. The van der Waals surface area contributed by atoms with Gasteiger partial charge in [0.15, 0.2) is 0 Å². The van der Waals surface area contributed by atoms with Crippen molar-refractivity contribution in [3.05, 3.63) is 24.3 Å². The van der Waals surface area contributed by atoms with Crippen LogP contribution in [0.1, 0.15) is 45.5 Å². The molecular formula is C17H25N5O2. The lowest BCUT2D eigenvalue weighted by atomic mass is 9.46. The number of rotatable bonds is 3. The summed E-state index contributed by atoms with van der Waals surface area (Å²) in [5, 5.41) is 9.46. The van der Waals surface area contributed by atoms with Crippen molar-refractivity contribution in [2.24, 2.45) is 24.3 Å². The summed E-state index contributed by atoms with van der Waals surface area (Å²) in [7, 11) is 1.74. The second kappa shape index (κ2) is 5.72. The van der Waals surface area contributed by atoms with Crippen LogP contribution in [-0.4, -0.2) is 32.6 Å². The SMILES string of the molecule is C=C1C(NC(=O)C(=O)NC(C)c2ncnn2C)C[C@H]2C[C@@H]1C2(C)C. The fourth-order valence-corrected chi connectivity index (χ4v) is 4.12. The van der Waals surface area contributed by atoms with Crippen LogP contribution in [0.25, 0.3) is 0 Å². The van der Waals surface area contributed by atoms with Crippen molar-refractivity contribution < 1.29 is 9.59 Å². The van der Waals surface area contributed by atoms with Crippen molar-refractivity contribution >= 4 is 11.8 Å². The molecule has 0 saturated heterocycles. The number of carbonyl (C=O) groups excluding carboxylic acids is 2. The third-order valence-electron chi connectivity index (χ3n) is 5.88. The second-order valence-electron chi connectivity index (χ2n) is 7.58. The van der Waals surface area contributed by atoms with Gasteiger partial charge >= 0.3 is 11.8 Å². The smallest absolute Gasteiger partial charge is 0.309 e. The van der Waals surface area contributed by atoms with E-state index in [1.54, 1.807) is 18.7 Å². The molecule has 1 aromatic rings. The van der Waals surface area contributed by atoms with Gasteiger partial charge in [-0.15, -0.1) is 0 Å². The maximum absolute atomic E-state index is 12.2. The number of hydrogen-bond donors (Lipinski definition) is 2. The van der Waals surface area contributed by atoms with Gasteiger partial charge in [0, 0.05) is 7.05 Å². The van der Waals surface area contributed by atoms with E-state index in [-0.39, 0.29) is 11.5 Å². The van der Waals surface area contributed by atoms with E-state index in [4.69, 9.17) is 0 Å². The first-order chi connectivity index (χ1) is 11.2. The minimum atomic E-state index is -0.656. The van der Waals surface area contributed by atoms with Crippen LogP contribution in [0.5, 0.6) is 0 Å². The Kier molecular flexibility index (Phi) is 3.97. The molecule has 4 rings (SSSR count). The first kappa shape index (κ1) is 16.7. The van der Waals surface area contributed by atoms with E-state index in [9.17, 15) is 9.59 Å². The van der Waals surface area contributed by atoms with Crippen LogP contribution in [0.4, 0.5) is 0 Å². The number of hydrogen-bond acceptors (Lipinski definition) is 4. The van der Waals surface area contributed by atoms with Gasteiger partial charge in [-0.25, -0.2) is 4.98 Å². The molecule has 0 aromatic carbocycles. The lowest BCUT2D eigenvalue weighted by Gasteiger charge is -2.59. The number of nitrogens with zero attached hydrogens (tertiary/aromatic N) is 3. The van der Waals surface area contributed by atoms with E-state index >= 15 is 0 Å². The van der Waals surface area contributed by atoms with Crippen molar-refractivity contribution in [2.45, 2.75) is 45.7 Å². The highest BCUT2D eigenvalue weighted by molar-refractivity contribution is 6.35. The fraction of sp³-hybridized carbons (Fsp3) is 0.647. The molecule has 3 aliphatic rings. The molecule has 1 heterocycles. The van der Waals surface area contributed by atoms with Crippen LogP contribution in [0.3, 0.4) is 0 Å². The second-order valence-corrected chi connectivity index (χ2v) is 7.58. The quantitative estimate of drug-likeness (QED) is 0.641. The van der Waals surface area contributed by atoms with Crippen molar-refractivity contribution in [1.29, 1.82) is 0 Å². The predicted octanol–water partition coefficient (Wildman–Crippen LogP) is 1.10. The van der Waals surface area contributed by atoms with Gasteiger partial charge in [-0.3, -0.25) is 14.3 Å². The minimum absolute atomic E-state index is 0.106. The van der Waals surface area contributed by atoms with E-state index in [2.05, 4.69) is 41.1 Å². The van der Waals surface area contributed by atoms with E-state index in [1.807, 2.05) is 0 Å². The maximum atomic E-state index is 12.2. The van der Waals surface area contributed by atoms with E-state index in [0.717, 1.165) is 18.4 Å². The highest BCUT2D eigenvalue weighted by Gasteiger charge is 2.55. The van der Waals surface area contributed by atoms with Crippen molar-refractivity contribution in [1.82, 2.24) is 25.4 Å². The predicted molar refractivity (Wildman–Crippen MR) is 88.6 cm³/mol. The Morgan fingerprint density at radius 3 is 2.62 bits per heavy atom. The monoisotopic (exact) mass is 331 g/mol. The Bertz CT molecular complexity index is 693. The molecule has 3 saturated carbocycles. The van der Waals surface area contributed by atoms with Gasteiger partial charge in [0.25, 0.3) is 0 Å². The minimum Gasteiger partial charge on any atom is -0.341 e. The van der Waals surface area contributed by atoms with Gasteiger partial charge in [-0.2, -0.15) is 5.10 Å². The molecule has 0 spiro atoms. The van der Waals surface area contributed by atoms with Gasteiger partial charge in [-0.05, 0) is 37.0 Å². The Balaban J connectivity index is 1.57. The lowest BCUT2D eigenvalue weighted by molar-refractivity contribution is -0.140. The summed E-state index contributed by atoms with van der Waals surface area (Å²) >= 11 is 0. The third kappa shape index (κ3) is 2.61. The van der Waals surface area contributed by atoms with Gasteiger partial charge in [0.05, 0.1) is 12.1 Å². The highest BCUT2D eigenvalue weighted by atomic mass is 16.2. The molecular weight excluding hydrogens is 306 g/mol. The highest BCUT2D eigenvalue weighted by Crippen LogP contribution is 2.60. The van der Waals surface area contributed by atoms with E-state index in [0.29, 0.717) is 17.7 Å². The Morgan fingerprint density at radius 1 is 1.38 bits per heavy atom. The molecule has 7 nitrogen and oxygen atoms in total. The molecule has 2 N–H and O–H groups in total. The summed E-state index contributed by atoms with van der Waals surface area (Å²) in [6, 6.07) is -0.497. The first-order valence-corrected chi connectivity index (χ1v) is 8.35. The molecule has 2 unspecified atom stereocenters. The largest absolute Gasteiger partial charge is 0.341 e. The molecule has 4 atom stereocenters. The zero-order valence-electron chi connectivity index (χ0n) is 14.7. The van der Waals surface area contributed by atoms with Crippen molar-refractivity contribution in [3.8, 4) is 0 Å². The van der Waals surface area contributed by atoms with Gasteiger partial charge in [-0.1, -0.05) is 26.0 Å². The number of nitrogens with one attached hydrogen (secondary N) is 2. The molecule has 7 heteroatoms. The van der Waals surface area contributed by atoms with Crippen LogP contribution in [-0.2, 0) is 16.6 Å². The van der Waals surface area contributed by atoms with Crippen LogP contribution in [0.15, 0.2) is 18.5 Å². The van der Waals surface area contributed by atoms with Crippen LogP contribution < -0.4 is 10.6 Å². The number of amides is 2. The normalized spacial score (nSPS) is 28.7. The summed E-state index contributed by atoms with van der Waals surface area (Å²) in [4.78, 5) is 28.5. The topological polar surface area (TPSA) is 88.9 Å². The number of carbonyl (C=O) groups is 2. The van der Waals surface area contributed by atoms with Gasteiger partial charge in [0.2, 0.25) is 0 Å². The summed E-state index contributed by atoms with van der Waals surface area (Å²) < 4.78 is 1.57. The first-order valence-electron chi connectivity index (χ1n) is 8.35. The fourth-order valence-electron chi connectivity index (χ4n) is 4.12. The van der Waals surface area contributed by atoms with E-state index in [1.165, 1.54) is 6.33 Å². The number of fused-ring (bicyclic) bond motifs is 2. The zero-order chi connectivity index (χ0) is 17.6. The molecule has 24 heavy (non-hydrogen) atoms. The van der Waals surface area contributed by atoms with Crippen LogP contribution >= 0.6 is 0 Å². The van der Waals surface area contributed by atoms with Crippen LogP contribution in [0.2, 0.25) is 0 Å². The maximum Gasteiger partial charge on any atom is 0.309 e. The molecule has 0 aliphatic heterocycles. The zero-order valence-corrected chi connectivity index (χ0v) is 14.7. The molecule has 3 aliphatic carbocycles. The standard InChI is InChI=1S/C17H25N5O2/c1-9-12-6-11(17(12,3)4)7-13(9)21-16(24)15(23)20-10(2)14-18-8-19-22(14)5/h8,10-13H,1,6-7H2,2-5H3,(H,20,23)(H,21,24)/t10?,11-,12+,13?/m1/s1. The third-order valence-corrected chi connectivity index (χ3v) is 5.88. The number of aryl methyl sites for hydroxylation is 1. The number of aromatic nitrogens is 3. The lowest BCUT2D eigenvalue weighted by Crippen LogP contribution is -2.58. The van der Waals surface area contributed by atoms with Gasteiger partial charge in [0.1, 0.15) is 12.2 Å². The molecule has 0 radical (unpaired) electrons. The summed E-state index contributed by atoms with van der Waals surface area (Å²) in [6.45, 7) is 10.4. The Morgan fingerprint density at radius 2 is 2.08 bits per heavy atom. The molecule has 2 bridgehead atoms. The average Bonchev–Trinajstić information content (AvgIpc) is 2.94. The average molecular weight is 331 g/mol.